The predicted molar refractivity (Wildman–Crippen MR) is 132 cm³/mol. The van der Waals surface area contributed by atoms with Crippen LogP contribution in [0.5, 0.6) is 5.75 Å². The SMILES string of the molecule is COc1ccc(S(=O)(=O)N2CCCC(C)C2)cc1N1CCN(S(=O)(=O)c2cccc(C#N)c2)CC1. The maximum Gasteiger partial charge on any atom is 0.243 e. The van der Waals surface area contributed by atoms with Crippen LogP contribution in [0, 0.1) is 17.2 Å². The summed E-state index contributed by atoms with van der Waals surface area (Å²) in [5, 5.41) is 9.10. The van der Waals surface area contributed by atoms with Gasteiger partial charge in [0.1, 0.15) is 5.75 Å². The van der Waals surface area contributed by atoms with Crippen LogP contribution in [0.2, 0.25) is 0 Å². The quantitative estimate of drug-likeness (QED) is 0.578. The summed E-state index contributed by atoms with van der Waals surface area (Å²) in [6, 6.07) is 12.8. The number of hydrogen-bond donors (Lipinski definition) is 0. The van der Waals surface area contributed by atoms with E-state index in [1.165, 1.54) is 23.5 Å². The van der Waals surface area contributed by atoms with Crippen molar-refractivity contribution in [2.45, 2.75) is 29.6 Å². The molecule has 1 unspecified atom stereocenters. The van der Waals surface area contributed by atoms with Crippen LogP contribution >= 0.6 is 0 Å². The number of benzene rings is 2. The molecule has 0 amide bonds. The number of nitriles is 1. The third-order valence-corrected chi connectivity index (χ3v) is 10.3. The van der Waals surface area contributed by atoms with Crippen LogP contribution in [-0.2, 0) is 20.0 Å². The monoisotopic (exact) mass is 518 g/mol. The summed E-state index contributed by atoms with van der Waals surface area (Å²) in [5.74, 6) is 0.856. The van der Waals surface area contributed by atoms with Crippen molar-refractivity contribution in [3.63, 3.8) is 0 Å². The molecule has 2 aliphatic heterocycles. The highest BCUT2D eigenvalue weighted by atomic mass is 32.2. The van der Waals surface area contributed by atoms with Gasteiger partial charge >= 0.3 is 0 Å². The van der Waals surface area contributed by atoms with E-state index in [0.717, 1.165) is 12.8 Å². The van der Waals surface area contributed by atoms with Gasteiger partial charge in [0, 0.05) is 39.3 Å². The first-order valence-corrected chi connectivity index (χ1v) is 14.5. The van der Waals surface area contributed by atoms with Gasteiger partial charge in [-0.1, -0.05) is 13.0 Å². The van der Waals surface area contributed by atoms with E-state index in [-0.39, 0.29) is 28.4 Å². The molecule has 35 heavy (non-hydrogen) atoms. The number of methoxy groups -OCH3 is 1. The maximum atomic E-state index is 13.3. The van der Waals surface area contributed by atoms with Crippen LogP contribution in [0.15, 0.2) is 52.3 Å². The lowest BCUT2D eigenvalue weighted by atomic mass is 10.0. The van der Waals surface area contributed by atoms with E-state index in [0.29, 0.717) is 43.5 Å². The zero-order valence-electron chi connectivity index (χ0n) is 19.9. The van der Waals surface area contributed by atoms with Gasteiger partial charge in [0.2, 0.25) is 20.0 Å². The molecule has 2 saturated heterocycles. The summed E-state index contributed by atoms with van der Waals surface area (Å²) in [6.07, 6.45) is 1.87. The molecule has 11 heteroatoms. The minimum atomic E-state index is -3.75. The molecule has 0 aliphatic carbocycles. The molecule has 9 nitrogen and oxygen atoms in total. The number of ether oxygens (including phenoxy) is 1. The Labute approximate surface area is 207 Å². The van der Waals surface area contributed by atoms with Gasteiger partial charge in [-0.3, -0.25) is 0 Å². The van der Waals surface area contributed by atoms with Crippen LogP contribution < -0.4 is 9.64 Å². The molecule has 2 fully saturated rings. The number of piperidine rings is 1. The molecule has 0 N–H and O–H groups in total. The van der Waals surface area contributed by atoms with E-state index in [9.17, 15) is 16.8 Å². The third-order valence-electron chi connectivity index (χ3n) is 6.59. The number of anilines is 1. The van der Waals surface area contributed by atoms with E-state index >= 15 is 0 Å². The highest BCUT2D eigenvalue weighted by Gasteiger charge is 2.32. The number of sulfonamides is 2. The van der Waals surface area contributed by atoms with Crippen LogP contribution in [0.1, 0.15) is 25.3 Å². The van der Waals surface area contributed by atoms with Crippen LogP contribution in [0.3, 0.4) is 0 Å². The molecular formula is C24H30N4O5S2. The minimum Gasteiger partial charge on any atom is -0.495 e. The van der Waals surface area contributed by atoms with Crippen LogP contribution in [0.4, 0.5) is 5.69 Å². The summed E-state index contributed by atoms with van der Waals surface area (Å²) in [6.45, 7) is 4.28. The Morgan fingerprint density at radius 3 is 2.26 bits per heavy atom. The lowest BCUT2D eigenvalue weighted by molar-refractivity contribution is 0.281. The van der Waals surface area contributed by atoms with Crippen molar-refractivity contribution < 1.29 is 21.6 Å². The number of piperazine rings is 1. The fourth-order valence-corrected chi connectivity index (χ4v) is 7.72. The van der Waals surface area contributed by atoms with Gasteiger partial charge in [0.25, 0.3) is 0 Å². The van der Waals surface area contributed by atoms with Gasteiger partial charge in [0.05, 0.1) is 34.2 Å². The Morgan fingerprint density at radius 2 is 1.60 bits per heavy atom. The highest BCUT2D eigenvalue weighted by molar-refractivity contribution is 7.89. The molecule has 2 aliphatic rings. The van der Waals surface area contributed by atoms with Crippen molar-refractivity contribution in [3.05, 3.63) is 48.0 Å². The lowest BCUT2D eigenvalue weighted by Crippen LogP contribution is -2.48. The first-order chi connectivity index (χ1) is 16.7. The van der Waals surface area contributed by atoms with Gasteiger partial charge in [-0.25, -0.2) is 16.8 Å². The molecule has 2 aromatic carbocycles. The van der Waals surface area contributed by atoms with Crippen LogP contribution in [0.25, 0.3) is 0 Å². The lowest BCUT2D eigenvalue weighted by Gasteiger charge is -2.36. The largest absolute Gasteiger partial charge is 0.495 e. The predicted octanol–water partition coefficient (Wildman–Crippen LogP) is 2.50. The average Bonchev–Trinajstić information content (AvgIpc) is 2.88. The normalized spacial score (nSPS) is 20.4. The fraction of sp³-hybridized carbons (Fsp3) is 0.458. The van der Waals surface area contributed by atoms with Gasteiger partial charge < -0.3 is 9.64 Å². The van der Waals surface area contributed by atoms with Crippen LogP contribution in [-0.4, -0.2) is 71.8 Å². The molecule has 1 atom stereocenters. The van der Waals surface area contributed by atoms with Crippen molar-refractivity contribution in [1.29, 1.82) is 5.26 Å². The molecule has 188 valence electrons. The minimum absolute atomic E-state index is 0.0893. The Bertz CT molecular complexity index is 1330. The molecular weight excluding hydrogens is 488 g/mol. The second-order valence-corrected chi connectivity index (χ2v) is 12.9. The molecule has 4 rings (SSSR count). The molecule has 2 aromatic rings. The average molecular weight is 519 g/mol. The first kappa shape index (κ1) is 25.4. The third kappa shape index (κ3) is 5.16. The smallest absolute Gasteiger partial charge is 0.243 e. The van der Waals surface area contributed by atoms with E-state index in [1.807, 2.05) is 11.0 Å². The zero-order chi connectivity index (χ0) is 25.2. The molecule has 0 bridgehead atoms. The zero-order valence-corrected chi connectivity index (χ0v) is 21.6. The van der Waals surface area contributed by atoms with Crippen molar-refractivity contribution >= 4 is 25.7 Å². The molecule has 2 heterocycles. The van der Waals surface area contributed by atoms with Gasteiger partial charge in [-0.2, -0.15) is 13.9 Å². The van der Waals surface area contributed by atoms with Gasteiger partial charge in [-0.05, 0) is 55.2 Å². The van der Waals surface area contributed by atoms with E-state index < -0.39 is 20.0 Å². The number of nitrogens with zero attached hydrogens (tertiary/aromatic N) is 4. The standard InChI is InChI=1S/C24H30N4O5S2/c1-19-5-4-10-28(18-19)35(31,32)22-8-9-24(33-2)23(16-22)26-11-13-27(14-12-26)34(29,30)21-7-3-6-20(15-21)17-25/h3,6-9,15-16,19H,4-5,10-14,18H2,1-2H3. The Kier molecular flexibility index (Phi) is 7.38. The molecule has 0 aromatic heterocycles. The summed E-state index contributed by atoms with van der Waals surface area (Å²) in [7, 11) is -5.85. The van der Waals surface area contributed by atoms with Crippen molar-refractivity contribution in [3.8, 4) is 11.8 Å². The van der Waals surface area contributed by atoms with E-state index in [1.54, 1.807) is 34.6 Å². The van der Waals surface area contributed by atoms with Gasteiger partial charge in [-0.15, -0.1) is 0 Å². The summed E-state index contributed by atoms with van der Waals surface area (Å²) in [5.41, 5.74) is 0.915. The first-order valence-electron chi connectivity index (χ1n) is 11.6. The number of hydrogen-bond acceptors (Lipinski definition) is 7. The van der Waals surface area contributed by atoms with Crippen molar-refractivity contribution in [2.75, 3.05) is 51.3 Å². The molecule has 0 radical (unpaired) electrons. The second kappa shape index (κ2) is 10.1. The van der Waals surface area contributed by atoms with Gasteiger partial charge in [0.15, 0.2) is 0 Å². The Balaban J connectivity index is 1.55. The van der Waals surface area contributed by atoms with Crippen molar-refractivity contribution in [1.82, 2.24) is 8.61 Å². The summed E-state index contributed by atoms with van der Waals surface area (Å²) in [4.78, 5) is 2.26. The van der Waals surface area contributed by atoms with E-state index in [2.05, 4.69) is 6.92 Å². The Hall–Kier alpha value is -2.65. The van der Waals surface area contributed by atoms with E-state index in [4.69, 9.17) is 10.00 Å². The fourth-order valence-electron chi connectivity index (χ4n) is 4.64. The van der Waals surface area contributed by atoms with Crippen molar-refractivity contribution in [2.24, 2.45) is 5.92 Å². The topological polar surface area (TPSA) is 111 Å². The Morgan fingerprint density at radius 1 is 0.914 bits per heavy atom. The molecule has 0 spiro atoms. The maximum absolute atomic E-state index is 13.3. The summed E-state index contributed by atoms with van der Waals surface area (Å²) < 4.78 is 61.3. The second-order valence-electron chi connectivity index (χ2n) is 8.97. The number of rotatable bonds is 6. The molecule has 0 saturated carbocycles. The summed E-state index contributed by atoms with van der Waals surface area (Å²) >= 11 is 0. The highest BCUT2D eigenvalue weighted by Crippen LogP contribution is 2.34.